The largest absolute Gasteiger partial charge is 0.481 e. The Bertz CT molecular complexity index is 341. The highest BCUT2D eigenvalue weighted by Gasteiger charge is 2.23. The molecule has 0 aliphatic carbocycles. The summed E-state index contributed by atoms with van der Waals surface area (Å²) in [6.07, 6.45) is 0.254. The second kappa shape index (κ2) is 7.60. The van der Waals surface area contributed by atoms with Crippen LogP contribution in [0.4, 0.5) is 4.79 Å². The Morgan fingerprint density at radius 2 is 1.89 bits per heavy atom. The molecular weight excluding hydrogens is 252 g/mol. The van der Waals surface area contributed by atoms with Gasteiger partial charge in [0.25, 0.3) is 0 Å². The lowest BCUT2D eigenvalue weighted by Gasteiger charge is -2.26. The van der Waals surface area contributed by atoms with Gasteiger partial charge in [-0.05, 0) is 34.1 Å². The number of hydrogen-bond acceptors (Lipinski definition) is 4. The van der Waals surface area contributed by atoms with Gasteiger partial charge in [0, 0.05) is 12.0 Å². The molecule has 0 aliphatic rings. The van der Waals surface area contributed by atoms with E-state index in [1.807, 2.05) is 0 Å². The number of carbonyl (C=O) groups excluding carboxylic acids is 2. The third kappa shape index (κ3) is 8.01. The van der Waals surface area contributed by atoms with Crippen molar-refractivity contribution in [2.45, 2.75) is 52.1 Å². The zero-order valence-electron chi connectivity index (χ0n) is 11.8. The lowest BCUT2D eigenvalue weighted by Crippen LogP contribution is -2.52. The molecular formula is C12H22N2O5. The molecule has 1 unspecified atom stereocenters. The summed E-state index contributed by atoms with van der Waals surface area (Å²) in [5.41, 5.74) is -0.670. The van der Waals surface area contributed by atoms with E-state index in [1.165, 1.54) is 6.92 Å². The van der Waals surface area contributed by atoms with Gasteiger partial charge >= 0.3 is 18.0 Å². The summed E-state index contributed by atoms with van der Waals surface area (Å²) in [6.45, 7) is 6.87. The Hall–Kier alpha value is -1.79. The summed E-state index contributed by atoms with van der Waals surface area (Å²) in [7, 11) is 0. The van der Waals surface area contributed by atoms with Gasteiger partial charge in [-0.2, -0.15) is 0 Å². The molecule has 7 nitrogen and oxygen atoms in total. The number of hydrogen-bond donors (Lipinski definition) is 3. The Morgan fingerprint density at radius 1 is 1.32 bits per heavy atom. The van der Waals surface area contributed by atoms with Crippen molar-refractivity contribution < 1.29 is 24.2 Å². The molecule has 0 saturated carbocycles. The van der Waals surface area contributed by atoms with Crippen LogP contribution >= 0.6 is 0 Å². The zero-order chi connectivity index (χ0) is 15.1. The fourth-order valence-electron chi connectivity index (χ4n) is 1.35. The molecule has 110 valence electrons. The lowest BCUT2D eigenvalue weighted by atomic mass is 9.99. The number of nitrogens with one attached hydrogen (secondary N) is 2. The van der Waals surface area contributed by atoms with E-state index in [0.29, 0.717) is 6.42 Å². The van der Waals surface area contributed by atoms with Crippen LogP contribution in [0.15, 0.2) is 0 Å². The first-order valence-corrected chi connectivity index (χ1v) is 6.15. The molecule has 0 spiro atoms. The van der Waals surface area contributed by atoms with Crippen LogP contribution in [0.25, 0.3) is 0 Å². The number of aliphatic carboxylic acids is 1. The molecule has 7 heteroatoms. The van der Waals surface area contributed by atoms with Crippen LogP contribution in [0.5, 0.6) is 0 Å². The second-order valence-corrected chi connectivity index (χ2v) is 4.85. The lowest BCUT2D eigenvalue weighted by molar-refractivity contribution is -0.144. The van der Waals surface area contributed by atoms with Crippen LogP contribution < -0.4 is 10.6 Å². The molecule has 0 rings (SSSR count). The number of esters is 1. The van der Waals surface area contributed by atoms with Gasteiger partial charge in [0.1, 0.15) is 6.04 Å². The maximum atomic E-state index is 11.6. The predicted octanol–water partition coefficient (Wildman–Crippen LogP) is 0.881. The minimum atomic E-state index is -0.921. The number of urea groups is 1. The number of carboxylic acids is 1. The van der Waals surface area contributed by atoms with Gasteiger partial charge in [0.15, 0.2) is 0 Å². The number of carboxylic acid groups (broad SMARTS) is 1. The average Bonchev–Trinajstić information content (AvgIpc) is 2.26. The minimum Gasteiger partial charge on any atom is -0.481 e. The van der Waals surface area contributed by atoms with Crippen molar-refractivity contribution in [3.63, 3.8) is 0 Å². The van der Waals surface area contributed by atoms with E-state index in [0.717, 1.165) is 0 Å². The predicted molar refractivity (Wildman–Crippen MR) is 68.7 cm³/mol. The normalized spacial score (nSPS) is 12.4. The Balaban J connectivity index is 4.22. The summed E-state index contributed by atoms with van der Waals surface area (Å²) >= 11 is 0. The average molecular weight is 274 g/mol. The van der Waals surface area contributed by atoms with Gasteiger partial charge in [-0.15, -0.1) is 0 Å². The number of rotatable bonds is 7. The summed E-state index contributed by atoms with van der Waals surface area (Å²) in [6, 6.07) is -1.29. The smallest absolute Gasteiger partial charge is 0.328 e. The Kier molecular flexibility index (Phi) is 6.89. The summed E-state index contributed by atoms with van der Waals surface area (Å²) < 4.78 is 4.75. The van der Waals surface area contributed by atoms with Crippen LogP contribution in [0, 0.1) is 0 Å². The Morgan fingerprint density at radius 3 is 2.37 bits per heavy atom. The Labute approximate surface area is 112 Å². The van der Waals surface area contributed by atoms with Crippen LogP contribution in [-0.4, -0.2) is 41.3 Å². The first-order valence-electron chi connectivity index (χ1n) is 6.15. The van der Waals surface area contributed by atoms with Crippen molar-refractivity contribution in [2.75, 3.05) is 6.61 Å². The van der Waals surface area contributed by atoms with Crippen LogP contribution in [0.2, 0.25) is 0 Å². The van der Waals surface area contributed by atoms with Crippen molar-refractivity contribution >= 4 is 18.0 Å². The van der Waals surface area contributed by atoms with Crippen LogP contribution in [0.1, 0.15) is 40.5 Å². The number of carbonyl (C=O) groups is 3. The monoisotopic (exact) mass is 274 g/mol. The molecule has 2 amide bonds. The van der Waals surface area contributed by atoms with Gasteiger partial charge in [-0.25, -0.2) is 9.59 Å². The molecule has 0 heterocycles. The third-order valence-corrected chi connectivity index (χ3v) is 2.40. The van der Waals surface area contributed by atoms with E-state index >= 15 is 0 Å². The van der Waals surface area contributed by atoms with E-state index in [1.54, 1.807) is 20.8 Å². The highest BCUT2D eigenvalue weighted by molar-refractivity contribution is 5.83. The van der Waals surface area contributed by atoms with E-state index in [-0.39, 0.29) is 13.0 Å². The fourth-order valence-corrected chi connectivity index (χ4v) is 1.35. The SMILES string of the molecule is CCOC(=O)C(C)NC(=O)NC(C)(C)CCC(=O)O. The number of amides is 2. The molecule has 0 aromatic rings. The van der Waals surface area contributed by atoms with Crippen molar-refractivity contribution in [2.24, 2.45) is 0 Å². The molecule has 0 aromatic heterocycles. The molecule has 0 aliphatic heterocycles. The topological polar surface area (TPSA) is 105 Å². The van der Waals surface area contributed by atoms with Crippen LogP contribution in [-0.2, 0) is 14.3 Å². The molecule has 0 saturated heterocycles. The van der Waals surface area contributed by atoms with Gasteiger partial charge in [-0.3, -0.25) is 4.79 Å². The molecule has 0 bridgehead atoms. The standard InChI is InChI=1S/C12H22N2O5/c1-5-19-10(17)8(2)13-11(18)14-12(3,4)7-6-9(15)16/h8H,5-7H2,1-4H3,(H,15,16)(H2,13,14,18). The van der Waals surface area contributed by atoms with E-state index < -0.39 is 29.6 Å². The second-order valence-electron chi connectivity index (χ2n) is 4.85. The van der Waals surface area contributed by atoms with Crippen molar-refractivity contribution in [3.8, 4) is 0 Å². The molecule has 0 fully saturated rings. The molecule has 0 radical (unpaired) electrons. The maximum absolute atomic E-state index is 11.6. The zero-order valence-corrected chi connectivity index (χ0v) is 11.8. The molecule has 0 aromatic carbocycles. The first kappa shape index (κ1) is 17.2. The molecule has 3 N–H and O–H groups in total. The van der Waals surface area contributed by atoms with Gasteiger partial charge in [-0.1, -0.05) is 0 Å². The van der Waals surface area contributed by atoms with Gasteiger partial charge in [0.05, 0.1) is 6.61 Å². The highest BCUT2D eigenvalue weighted by Crippen LogP contribution is 2.10. The van der Waals surface area contributed by atoms with E-state index in [4.69, 9.17) is 9.84 Å². The summed E-state index contributed by atoms with van der Waals surface area (Å²) in [5.74, 6) is -1.43. The summed E-state index contributed by atoms with van der Waals surface area (Å²) in [4.78, 5) is 33.4. The van der Waals surface area contributed by atoms with E-state index in [2.05, 4.69) is 10.6 Å². The third-order valence-electron chi connectivity index (χ3n) is 2.40. The van der Waals surface area contributed by atoms with Crippen LogP contribution in [0.3, 0.4) is 0 Å². The quantitative estimate of drug-likeness (QED) is 0.598. The molecule has 1 atom stereocenters. The first-order chi connectivity index (χ1) is 8.68. The van der Waals surface area contributed by atoms with Crippen molar-refractivity contribution in [3.05, 3.63) is 0 Å². The number of ether oxygens (including phenoxy) is 1. The van der Waals surface area contributed by atoms with E-state index in [9.17, 15) is 14.4 Å². The fraction of sp³-hybridized carbons (Fsp3) is 0.750. The van der Waals surface area contributed by atoms with Gasteiger partial charge < -0.3 is 20.5 Å². The van der Waals surface area contributed by atoms with Gasteiger partial charge in [0.2, 0.25) is 0 Å². The van der Waals surface area contributed by atoms with Crippen molar-refractivity contribution in [1.82, 2.24) is 10.6 Å². The molecule has 19 heavy (non-hydrogen) atoms. The maximum Gasteiger partial charge on any atom is 0.328 e. The minimum absolute atomic E-state index is 0.0410. The summed E-state index contributed by atoms with van der Waals surface area (Å²) in [5, 5.41) is 13.7. The highest BCUT2D eigenvalue weighted by atomic mass is 16.5. The van der Waals surface area contributed by atoms with Crippen molar-refractivity contribution in [1.29, 1.82) is 0 Å².